The molecule has 0 saturated carbocycles. The number of nitrogens with zero attached hydrogens (tertiary/aromatic N) is 2. The molecule has 0 radical (unpaired) electrons. The van der Waals surface area contributed by atoms with Gasteiger partial charge in [-0.3, -0.25) is 9.89 Å². The van der Waals surface area contributed by atoms with E-state index in [-0.39, 0.29) is 11.9 Å². The van der Waals surface area contributed by atoms with E-state index in [9.17, 15) is 9.50 Å². The van der Waals surface area contributed by atoms with Gasteiger partial charge in [-0.2, -0.15) is 0 Å². The fraction of sp³-hybridized carbons (Fsp3) is 0.611. The van der Waals surface area contributed by atoms with E-state index < -0.39 is 5.82 Å². The van der Waals surface area contributed by atoms with Crippen molar-refractivity contribution in [2.24, 2.45) is 10.9 Å². The smallest absolute Gasteiger partial charge is 0.191 e. The van der Waals surface area contributed by atoms with Gasteiger partial charge < -0.3 is 20.5 Å². The minimum Gasteiger partial charge on any atom is -0.505 e. The number of ether oxygens (including phenoxy) is 1. The highest BCUT2D eigenvalue weighted by Gasteiger charge is 2.21. The molecule has 1 unspecified atom stereocenters. The standard InChI is InChI=1S/C18H29FN4O2/c1-13(2)11-23-6-7-25-15(12-23)10-22-18(20-3)21-9-14-4-5-17(24)16(19)8-14/h4-5,8,13,15,24H,6-7,9-12H2,1-3H3,(H2,20,21,22). The van der Waals surface area contributed by atoms with Crippen LogP contribution in [0.25, 0.3) is 0 Å². The summed E-state index contributed by atoms with van der Waals surface area (Å²) >= 11 is 0. The summed E-state index contributed by atoms with van der Waals surface area (Å²) in [6.07, 6.45) is 0.122. The molecule has 2 rings (SSSR count). The van der Waals surface area contributed by atoms with Gasteiger partial charge in [-0.25, -0.2) is 4.39 Å². The van der Waals surface area contributed by atoms with Gasteiger partial charge in [0.25, 0.3) is 0 Å². The molecule has 1 saturated heterocycles. The topological polar surface area (TPSA) is 69.1 Å². The van der Waals surface area contributed by atoms with Crippen molar-refractivity contribution in [2.75, 3.05) is 39.8 Å². The van der Waals surface area contributed by atoms with Crippen LogP contribution in [0.4, 0.5) is 4.39 Å². The molecule has 1 fully saturated rings. The van der Waals surface area contributed by atoms with E-state index in [0.29, 0.717) is 25.0 Å². The van der Waals surface area contributed by atoms with Crippen molar-refractivity contribution in [3.05, 3.63) is 29.6 Å². The molecule has 1 aromatic carbocycles. The minimum absolute atomic E-state index is 0.122. The number of hydrogen-bond acceptors (Lipinski definition) is 4. The van der Waals surface area contributed by atoms with Crippen LogP contribution in [-0.4, -0.2) is 61.9 Å². The van der Waals surface area contributed by atoms with Crippen molar-refractivity contribution in [3.63, 3.8) is 0 Å². The van der Waals surface area contributed by atoms with Crippen LogP contribution in [0.2, 0.25) is 0 Å². The molecule has 0 bridgehead atoms. The lowest BCUT2D eigenvalue weighted by molar-refractivity contribution is -0.0284. The Morgan fingerprint density at radius 1 is 1.44 bits per heavy atom. The summed E-state index contributed by atoms with van der Waals surface area (Å²) in [7, 11) is 1.69. The summed E-state index contributed by atoms with van der Waals surface area (Å²) in [5, 5.41) is 15.6. The van der Waals surface area contributed by atoms with Gasteiger partial charge in [-0.1, -0.05) is 19.9 Å². The molecule has 3 N–H and O–H groups in total. The molecule has 1 aliphatic rings. The number of hydrogen-bond donors (Lipinski definition) is 3. The van der Waals surface area contributed by atoms with Crippen LogP contribution >= 0.6 is 0 Å². The number of phenolic OH excluding ortho intramolecular Hbond substituents is 1. The third kappa shape index (κ3) is 6.51. The third-order valence-corrected chi connectivity index (χ3v) is 4.04. The van der Waals surface area contributed by atoms with Gasteiger partial charge in [0.1, 0.15) is 0 Å². The Morgan fingerprint density at radius 2 is 2.24 bits per heavy atom. The lowest BCUT2D eigenvalue weighted by Crippen LogP contribution is -2.50. The molecule has 1 atom stereocenters. The molecule has 25 heavy (non-hydrogen) atoms. The molecule has 0 aromatic heterocycles. The Balaban J connectivity index is 1.77. The first-order chi connectivity index (χ1) is 12.0. The molecule has 0 aliphatic carbocycles. The van der Waals surface area contributed by atoms with Crippen molar-refractivity contribution in [2.45, 2.75) is 26.5 Å². The lowest BCUT2D eigenvalue weighted by Gasteiger charge is -2.34. The lowest BCUT2D eigenvalue weighted by atomic mass is 10.2. The molecule has 1 aromatic rings. The fourth-order valence-electron chi connectivity index (χ4n) is 2.86. The zero-order chi connectivity index (χ0) is 18.2. The number of halogens is 1. The summed E-state index contributed by atoms with van der Waals surface area (Å²) < 4.78 is 19.2. The number of aliphatic imine (C=N–C) groups is 1. The second kappa shape index (κ2) is 9.58. The van der Waals surface area contributed by atoms with E-state index in [1.165, 1.54) is 12.1 Å². The highest BCUT2D eigenvalue weighted by molar-refractivity contribution is 5.79. The minimum atomic E-state index is -0.622. The monoisotopic (exact) mass is 352 g/mol. The second-order valence-corrected chi connectivity index (χ2v) is 6.74. The van der Waals surface area contributed by atoms with Crippen molar-refractivity contribution in [1.82, 2.24) is 15.5 Å². The van der Waals surface area contributed by atoms with Crippen LogP contribution in [0.5, 0.6) is 5.75 Å². The Bertz CT molecular complexity index is 580. The number of phenols is 1. The Labute approximate surface area is 149 Å². The van der Waals surface area contributed by atoms with E-state index in [1.807, 2.05) is 0 Å². The van der Waals surface area contributed by atoms with Gasteiger partial charge >= 0.3 is 0 Å². The average molecular weight is 352 g/mol. The van der Waals surface area contributed by atoms with Crippen molar-refractivity contribution >= 4 is 5.96 Å². The summed E-state index contributed by atoms with van der Waals surface area (Å²) in [5.41, 5.74) is 0.732. The maximum atomic E-state index is 13.4. The molecule has 0 spiro atoms. The van der Waals surface area contributed by atoms with E-state index >= 15 is 0 Å². The molecular weight excluding hydrogens is 323 g/mol. The van der Waals surface area contributed by atoms with E-state index in [4.69, 9.17) is 4.74 Å². The summed E-state index contributed by atoms with van der Waals surface area (Å²) in [6.45, 7) is 9.25. The molecule has 0 amide bonds. The van der Waals surface area contributed by atoms with Gasteiger partial charge in [0.05, 0.1) is 12.7 Å². The molecular formula is C18H29FN4O2. The van der Waals surface area contributed by atoms with Crippen LogP contribution in [0.15, 0.2) is 23.2 Å². The molecule has 1 aliphatic heterocycles. The summed E-state index contributed by atoms with van der Waals surface area (Å²) in [4.78, 5) is 6.60. The van der Waals surface area contributed by atoms with Crippen LogP contribution in [-0.2, 0) is 11.3 Å². The second-order valence-electron chi connectivity index (χ2n) is 6.74. The van der Waals surface area contributed by atoms with Gasteiger partial charge in [0.15, 0.2) is 17.5 Å². The van der Waals surface area contributed by atoms with Crippen molar-refractivity contribution in [1.29, 1.82) is 0 Å². The number of guanidine groups is 1. The number of benzene rings is 1. The van der Waals surface area contributed by atoms with Crippen molar-refractivity contribution < 1.29 is 14.2 Å². The van der Waals surface area contributed by atoms with Gasteiger partial charge in [0.2, 0.25) is 0 Å². The van der Waals surface area contributed by atoms with Gasteiger partial charge in [-0.05, 0) is 23.6 Å². The Hall–Kier alpha value is -1.86. The molecule has 6 nitrogen and oxygen atoms in total. The zero-order valence-corrected chi connectivity index (χ0v) is 15.3. The molecule has 140 valence electrons. The quantitative estimate of drug-likeness (QED) is 0.535. The first kappa shape index (κ1) is 19.5. The van der Waals surface area contributed by atoms with E-state index in [2.05, 4.69) is 34.4 Å². The SMILES string of the molecule is CN=C(NCc1ccc(O)c(F)c1)NCC1CN(CC(C)C)CCO1. The Kier molecular flexibility index (Phi) is 7.46. The highest BCUT2D eigenvalue weighted by Crippen LogP contribution is 2.15. The number of rotatable bonds is 6. The largest absolute Gasteiger partial charge is 0.505 e. The molecule has 7 heteroatoms. The van der Waals surface area contributed by atoms with E-state index in [1.54, 1.807) is 13.1 Å². The van der Waals surface area contributed by atoms with Crippen LogP contribution in [0.1, 0.15) is 19.4 Å². The Morgan fingerprint density at radius 3 is 2.92 bits per heavy atom. The van der Waals surface area contributed by atoms with Crippen LogP contribution in [0.3, 0.4) is 0 Å². The predicted octanol–water partition coefficient (Wildman–Crippen LogP) is 1.55. The van der Waals surface area contributed by atoms with Gasteiger partial charge in [-0.15, -0.1) is 0 Å². The van der Waals surface area contributed by atoms with E-state index in [0.717, 1.165) is 31.8 Å². The highest BCUT2D eigenvalue weighted by atomic mass is 19.1. The summed E-state index contributed by atoms with van der Waals surface area (Å²) in [5.74, 6) is 0.319. The molecule has 1 heterocycles. The number of morpholine rings is 1. The van der Waals surface area contributed by atoms with Crippen LogP contribution in [0, 0.1) is 11.7 Å². The average Bonchev–Trinajstić information content (AvgIpc) is 2.58. The first-order valence-corrected chi connectivity index (χ1v) is 8.73. The third-order valence-electron chi connectivity index (χ3n) is 4.04. The van der Waals surface area contributed by atoms with Crippen molar-refractivity contribution in [3.8, 4) is 5.75 Å². The zero-order valence-electron chi connectivity index (χ0n) is 15.3. The fourth-order valence-corrected chi connectivity index (χ4v) is 2.86. The normalized spacial score (nSPS) is 19.2. The number of nitrogens with one attached hydrogen (secondary N) is 2. The summed E-state index contributed by atoms with van der Waals surface area (Å²) in [6, 6.07) is 4.33. The van der Waals surface area contributed by atoms with Gasteiger partial charge in [0, 0.05) is 39.8 Å². The van der Waals surface area contributed by atoms with Crippen LogP contribution < -0.4 is 10.6 Å². The maximum Gasteiger partial charge on any atom is 0.191 e. The maximum absolute atomic E-state index is 13.4. The number of aromatic hydroxyl groups is 1. The first-order valence-electron chi connectivity index (χ1n) is 8.73. The predicted molar refractivity (Wildman–Crippen MR) is 97.3 cm³/mol.